The van der Waals surface area contributed by atoms with Crippen LogP contribution >= 0.6 is 23.2 Å². The number of pyridine rings is 1. The molecule has 1 fully saturated rings. The van der Waals surface area contributed by atoms with Crippen LogP contribution in [0.25, 0.3) is 0 Å². The number of carbonyl (C=O) groups excluding carboxylic acids is 2. The second-order valence-corrected chi connectivity index (χ2v) is 10.4. The van der Waals surface area contributed by atoms with Crippen LogP contribution in [0.4, 0.5) is 14.5 Å². The van der Waals surface area contributed by atoms with Gasteiger partial charge >= 0.3 is 0 Å². The van der Waals surface area contributed by atoms with E-state index in [1.807, 2.05) is 0 Å². The summed E-state index contributed by atoms with van der Waals surface area (Å²) in [7, 11) is -2.70. The summed E-state index contributed by atoms with van der Waals surface area (Å²) in [5.41, 5.74) is -1.13. The van der Waals surface area contributed by atoms with Crippen molar-refractivity contribution in [3.8, 4) is 17.4 Å². The predicted molar refractivity (Wildman–Crippen MR) is 126 cm³/mol. The van der Waals surface area contributed by atoms with Gasteiger partial charge in [0, 0.05) is 12.1 Å². The van der Waals surface area contributed by atoms with E-state index >= 15 is 0 Å². The minimum absolute atomic E-state index is 0.0426. The third-order valence-corrected chi connectivity index (χ3v) is 7.48. The molecule has 0 bridgehead atoms. The van der Waals surface area contributed by atoms with Crippen LogP contribution in [0.15, 0.2) is 34.4 Å². The highest BCUT2D eigenvalue weighted by Crippen LogP contribution is 2.41. The molecule has 1 saturated carbocycles. The number of nitrogens with one attached hydrogen (secondary N) is 1. The number of hydrogen-bond acceptors (Lipinski definition) is 8. The molecule has 0 unspecified atom stereocenters. The Morgan fingerprint density at radius 1 is 1.17 bits per heavy atom. The second-order valence-electron chi connectivity index (χ2n) is 7.86. The molecule has 1 amide bonds. The second kappa shape index (κ2) is 10.2. The SMILES string of the molecule is COc1ncc(Oc2c(Cl)cc(N3N=C(C(F)F)C(=O)CC3=O)cc2Cl)cc1S(=O)(=O)NC1CCC1. The first-order valence-electron chi connectivity index (χ1n) is 10.5. The van der Waals surface area contributed by atoms with Gasteiger partial charge in [-0.1, -0.05) is 29.6 Å². The highest BCUT2D eigenvalue weighted by Gasteiger charge is 2.34. The summed E-state index contributed by atoms with van der Waals surface area (Å²) in [6, 6.07) is 3.36. The Bertz CT molecular complexity index is 1350. The number of ether oxygens (including phenoxy) is 2. The summed E-state index contributed by atoms with van der Waals surface area (Å²) in [6.45, 7) is 0. The maximum atomic E-state index is 13.1. The Labute approximate surface area is 214 Å². The number of benzene rings is 1. The first-order valence-corrected chi connectivity index (χ1v) is 12.7. The largest absolute Gasteiger partial charge is 0.480 e. The van der Waals surface area contributed by atoms with E-state index in [-0.39, 0.29) is 44.0 Å². The smallest absolute Gasteiger partial charge is 0.285 e. The fourth-order valence-electron chi connectivity index (χ4n) is 3.40. The minimum Gasteiger partial charge on any atom is -0.480 e. The zero-order valence-electron chi connectivity index (χ0n) is 18.5. The molecule has 1 aliphatic carbocycles. The van der Waals surface area contributed by atoms with Crippen LogP contribution in [-0.2, 0) is 19.6 Å². The summed E-state index contributed by atoms with van der Waals surface area (Å²) in [5, 5.41) is 3.76. The first-order chi connectivity index (χ1) is 17.0. The van der Waals surface area contributed by atoms with E-state index in [2.05, 4.69) is 14.8 Å². The Kier molecular flexibility index (Phi) is 7.46. The molecule has 2 aliphatic rings. The van der Waals surface area contributed by atoms with Crippen LogP contribution in [0, 0.1) is 0 Å². The molecule has 0 saturated heterocycles. The molecule has 2 heterocycles. The molecule has 1 aromatic heterocycles. The Morgan fingerprint density at radius 2 is 1.83 bits per heavy atom. The highest BCUT2D eigenvalue weighted by atomic mass is 35.5. The standard InChI is InChI=1S/C21H18Cl2F2N4O6S/c1-34-21-16(36(32,33)28-10-3-2-4-10)7-12(9-26-21)35-19-13(22)5-11(6-14(19)23)29-17(31)8-15(30)18(27-29)20(24)25/h5-7,9-10,20,28H,2-4,8H2,1H3. The Hall–Kier alpha value is -2.87. The molecule has 15 heteroatoms. The van der Waals surface area contributed by atoms with Crippen LogP contribution in [0.5, 0.6) is 17.4 Å². The van der Waals surface area contributed by atoms with E-state index in [9.17, 15) is 26.8 Å². The van der Waals surface area contributed by atoms with Gasteiger partial charge in [0.2, 0.25) is 15.9 Å². The monoisotopic (exact) mass is 562 g/mol. The molecule has 192 valence electrons. The number of anilines is 1. The van der Waals surface area contributed by atoms with E-state index in [1.165, 1.54) is 31.5 Å². The number of methoxy groups -OCH3 is 1. The molecule has 1 N–H and O–H groups in total. The molecule has 36 heavy (non-hydrogen) atoms. The van der Waals surface area contributed by atoms with Crippen LogP contribution in [0.2, 0.25) is 10.0 Å². The zero-order chi connectivity index (χ0) is 26.2. The van der Waals surface area contributed by atoms with Crippen molar-refractivity contribution < 1.29 is 36.3 Å². The van der Waals surface area contributed by atoms with Crippen LogP contribution < -0.4 is 19.2 Å². The summed E-state index contributed by atoms with van der Waals surface area (Å²) < 4.78 is 65.2. The molecule has 1 aromatic carbocycles. The van der Waals surface area contributed by atoms with Crippen molar-refractivity contribution in [3.63, 3.8) is 0 Å². The van der Waals surface area contributed by atoms with Crippen molar-refractivity contribution in [3.05, 3.63) is 34.4 Å². The number of carbonyl (C=O) groups is 2. The lowest BCUT2D eigenvalue weighted by molar-refractivity contribution is -0.124. The van der Waals surface area contributed by atoms with Crippen LogP contribution in [-0.4, -0.2) is 50.4 Å². The third-order valence-electron chi connectivity index (χ3n) is 5.40. The predicted octanol–water partition coefficient (Wildman–Crippen LogP) is 3.95. The quantitative estimate of drug-likeness (QED) is 0.482. The zero-order valence-corrected chi connectivity index (χ0v) is 20.8. The number of hydrazone groups is 1. The lowest BCUT2D eigenvalue weighted by Gasteiger charge is -2.26. The van der Waals surface area contributed by atoms with Crippen molar-refractivity contribution >= 4 is 56.3 Å². The molecule has 2 aromatic rings. The number of aromatic nitrogens is 1. The topological polar surface area (TPSA) is 127 Å². The molecule has 1 aliphatic heterocycles. The maximum absolute atomic E-state index is 13.1. The average molecular weight is 563 g/mol. The van der Waals surface area contributed by atoms with Crippen LogP contribution in [0.3, 0.4) is 0 Å². The summed E-state index contributed by atoms with van der Waals surface area (Å²) in [6.07, 6.45) is -0.402. The van der Waals surface area contributed by atoms with Crippen molar-refractivity contribution in [1.82, 2.24) is 9.71 Å². The molecule has 0 radical (unpaired) electrons. The van der Waals surface area contributed by atoms with Gasteiger partial charge in [0.15, 0.2) is 17.2 Å². The van der Waals surface area contributed by atoms with E-state index in [4.69, 9.17) is 32.7 Å². The number of Topliss-reactive ketones (excluding diaryl/α,β-unsaturated/α-hetero) is 1. The van der Waals surface area contributed by atoms with Gasteiger partial charge in [-0.25, -0.2) is 26.9 Å². The van der Waals surface area contributed by atoms with Crippen molar-refractivity contribution in [2.24, 2.45) is 5.10 Å². The van der Waals surface area contributed by atoms with Crippen molar-refractivity contribution in [1.29, 1.82) is 0 Å². The highest BCUT2D eigenvalue weighted by molar-refractivity contribution is 7.89. The van der Waals surface area contributed by atoms with E-state index in [0.717, 1.165) is 19.3 Å². The summed E-state index contributed by atoms with van der Waals surface area (Å²) in [4.78, 5) is 27.6. The van der Waals surface area contributed by atoms with Gasteiger partial charge in [-0.2, -0.15) is 10.1 Å². The number of halogens is 4. The van der Waals surface area contributed by atoms with Gasteiger partial charge in [0.1, 0.15) is 10.6 Å². The van der Waals surface area contributed by atoms with Gasteiger partial charge in [-0.3, -0.25) is 9.59 Å². The van der Waals surface area contributed by atoms with Crippen molar-refractivity contribution in [2.75, 3.05) is 12.1 Å². The molecule has 4 rings (SSSR count). The number of ketones is 1. The molecule has 0 spiro atoms. The van der Waals surface area contributed by atoms with Crippen LogP contribution in [0.1, 0.15) is 25.7 Å². The molecular formula is C21H18Cl2F2N4O6S. The number of rotatable bonds is 8. The number of nitrogens with zero attached hydrogens (tertiary/aromatic N) is 3. The lowest BCUT2D eigenvalue weighted by Crippen LogP contribution is -2.39. The number of amides is 1. The summed E-state index contributed by atoms with van der Waals surface area (Å²) in [5.74, 6) is -2.24. The number of sulfonamides is 1. The van der Waals surface area contributed by atoms with E-state index < -0.39 is 40.3 Å². The number of hydrogen-bond donors (Lipinski definition) is 1. The first kappa shape index (κ1) is 26.2. The van der Waals surface area contributed by atoms with Gasteiger partial charge in [-0.15, -0.1) is 0 Å². The maximum Gasteiger partial charge on any atom is 0.285 e. The van der Waals surface area contributed by atoms with E-state index in [0.29, 0.717) is 5.01 Å². The molecule has 10 nitrogen and oxygen atoms in total. The van der Waals surface area contributed by atoms with E-state index in [1.54, 1.807) is 0 Å². The molecular weight excluding hydrogens is 545 g/mol. The minimum atomic E-state index is -3.97. The Morgan fingerprint density at radius 3 is 2.39 bits per heavy atom. The fourth-order valence-corrected chi connectivity index (χ4v) is 5.39. The van der Waals surface area contributed by atoms with Gasteiger partial charge < -0.3 is 9.47 Å². The van der Waals surface area contributed by atoms with Gasteiger partial charge in [-0.05, 0) is 25.0 Å². The van der Waals surface area contributed by atoms with Gasteiger partial charge in [0.05, 0.1) is 35.5 Å². The number of alkyl halides is 2. The summed E-state index contributed by atoms with van der Waals surface area (Å²) >= 11 is 12.6. The lowest BCUT2D eigenvalue weighted by atomic mass is 9.94. The average Bonchev–Trinajstić information content (AvgIpc) is 2.78. The fraction of sp³-hybridized carbons (Fsp3) is 0.333. The van der Waals surface area contributed by atoms with Gasteiger partial charge in [0.25, 0.3) is 12.3 Å². The Balaban J connectivity index is 1.65. The molecule has 0 atom stereocenters. The normalized spacial score (nSPS) is 16.7. The third kappa shape index (κ3) is 5.28. The van der Waals surface area contributed by atoms with Crippen molar-refractivity contribution in [2.45, 2.75) is 43.0 Å².